The average Bonchev–Trinajstić information content (AvgIpc) is 2.53. The van der Waals surface area contributed by atoms with Crippen molar-refractivity contribution in [3.63, 3.8) is 0 Å². The summed E-state index contributed by atoms with van der Waals surface area (Å²) in [6, 6.07) is 0. The van der Waals surface area contributed by atoms with Crippen molar-refractivity contribution in [1.82, 2.24) is 9.78 Å². The first-order valence-electron chi connectivity index (χ1n) is 4.80. The molecule has 0 amide bonds. The number of carboxylic acid groups (broad SMARTS) is 1. The number of methoxy groups -OCH3 is 1. The van der Waals surface area contributed by atoms with Gasteiger partial charge in [0.15, 0.2) is 5.69 Å². The third-order valence-corrected chi connectivity index (χ3v) is 2.10. The lowest BCUT2D eigenvalue weighted by atomic mass is 10.2. The summed E-state index contributed by atoms with van der Waals surface area (Å²) < 4.78 is 5.67. The third-order valence-electron chi connectivity index (χ3n) is 2.10. The SMILES string of the molecule is COC(=O)CC#Cc1c(C)nn(C)c1C(=O)O. The number of carboxylic acids is 1. The van der Waals surface area contributed by atoms with Crippen LogP contribution in [0.25, 0.3) is 0 Å². The molecule has 0 bridgehead atoms. The number of hydrogen-bond donors (Lipinski definition) is 1. The van der Waals surface area contributed by atoms with Gasteiger partial charge in [-0.3, -0.25) is 9.48 Å². The van der Waals surface area contributed by atoms with E-state index in [1.165, 1.54) is 18.8 Å². The van der Waals surface area contributed by atoms with E-state index in [0.717, 1.165) is 0 Å². The molecule has 6 heteroatoms. The number of nitrogens with zero attached hydrogens (tertiary/aromatic N) is 2. The Labute approximate surface area is 98.2 Å². The van der Waals surface area contributed by atoms with E-state index in [4.69, 9.17) is 5.11 Å². The lowest BCUT2D eigenvalue weighted by molar-refractivity contribution is -0.139. The first-order chi connectivity index (χ1) is 7.97. The smallest absolute Gasteiger partial charge is 0.355 e. The van der Waals surface area contributed by atoms with Gasteiger partial charge >= 0.3 is 11.9 Å². The van der Waals surface area contributed by atoms with Crippen molar-refractivity contribution in [3.8, 4) is 11.8 Å². The second kappa shape index (κ2) is 5.16. The van der Waals surface area contributed by atoms with Crippen LogP contribution in [0.2, 0.25) is 0 Å². The maximum Gasteiger partial charge on any atom is 0.355 e. The van der Waals surface area contributed by atoms with E-state index < -0.39 is 11.9 Å². The second-order valence-electron chi connectivity index (χ2n) is 3.29. The van der Waals surface area contributed by atoms with Gasteiger partial charge in [-0.25, -0.2) is 4.79 Å². The first-order valence-corrected chi connectivity index (χ1v) is 4.80. The zero-order chi connectivity index (χ0) is 13.0. The van der Waals surface area contributed by atoms with Gasteiger partial charge < -0.3 is 9.84 Å². The van der Waals surface area contributed by atoms with Crippen molar-refractivity contribution < 1.29 is 19.4 Å². The molecule has 1 aromatic rings. The molecule has 17 heavy (non-hydrogen) atoms. The van der Waals surface area contributed by atoms with Crippen molar-refractivity contribution in [2.75, 3.05) is 7.11 Å². The van der Waals surface area contributed by atoms with Gasteiger partial charge in [0.1, 0.15) is 6.42 Å². The van der Waals surface area contributed by atoms with E-state index in [0.29, 0.717) is 11.3 Å². The summed E-state index contributed by atoms with van der Waals surface area (Å²) in [6.45, 7) is 1.66. The largest absolute Gasteiger partial charge is 0.476 e. The lowest BCUT2D eigenvalue weighted by Crippen LogP contribution is -2.07. The Morgan fingerprint density at radius 3 is 2.71 bits per heavy atom. The zero-order valence-electron chi connectivity index (χ0n) is 9.77. The van der Waals surface area contributed by atoms with Crippen molar-refractivity contribution in [3.05, 3.63) is 17.0 Å². The number of carbonyl (C=O) groups is 2. The van der Waals surface area contributed by atoms with Crippen LogP contribution in [0.1, 0.15) is 28.2 Å². The highest BCUT2D eigenvalue weighted by molar-refractivity contribution is 5.89. The summed E-state index contributed by atoms with van der Waals surface area (Å²) in [5.74, 6) is 3.63. The summed E-state index contributed by atoms with van der Waals surface area (Å²) in [5.41, 5.74) is 0.853. The van der Waals surface area contributed by atoms with Crippen LogP contribution < -0.4 is 0 Å². The number of carbonyl (C=O) groups excluding carboxylic acids is 1. The van der Waals surface area contributed by atoms with Gasteiger partial charge in [-0.2, -0.15) is 5.10 Å². The molecule has 1 heterocycles. The van der Waals surface area contributed by atoms with E-state index >= 15 is 0 Å². The minimum Gasteiger partial charge on any atom is -0.476 e. The number of ether oxygens (including phenoxy) is 1. The van der Waals surface area contributed by atoms with E-state index in [1.807, 2.05) is 0 Å². The molecule has 0 fully saturated rings. The molecular formula is C11H12N2O4. The van der Waals surface area contributed by atoms with Crippen LogP contribution in [0.5, 0.6) is 0 Å². The van der Waals surface area contributed by atoms with E-state index in [1.54, 1.807) is 6.92 Å². The van der Waals surface area contributed by atoms with Gasteiger partial charge in [0.05, 0.1) is 18.4 Å². The Hall–Kier alpha value is -2.29. The summed E-state index contributed by atoms with van der Waals surface area (Å²) in [4.78, 5) is 21.8. The molecule has 0 radical (unpaired) electrons. The highest BCUT2D eigenvalue weighted by Gasteiger charge is 2.17. The molecule has 1 rings (SSSR count). The van der Waals surface area contributed by atoms with Gasteiger partial charge in [0.25, 0.3) is 0 Å². The molecule has 0 saturated heterocycles. The Morgan fingerprint density at radius 1 is 1.53 bits per heavy atom. The predicted molar refractivity (Wildman–Crippen MR) is 58.4 cm³/mol. The minimum atomic E-state index is -1.10. The predicted octanol–water partition coefficient (Wildman–Crippen LogP) is 0.341. The van der Waals surface area contributed by atoms with Gasteiger partial charge in [-0.15, -0.1) is 0 Å². The van der Waals surface area contributed by atoms with Crippen LogP contribution in [-0.2, 0) is 16.6 Å². The fourth-order valence-electron chi connectivity index (χ4n) is 1.33. The Bertz CT molecular complexity index is 520. The van der Waals surface area contributed by atoms with E-state index in [2.05, 4.69) is 21.7 Å². The maximum absolute atomic E-state index is 11.0. The Kier molecular flexibility index (Phi) is 3.88. The van der Waals surface area contributed by atoms with Crippen molar-refractivity contribution in [2.45, 2.75) is 13.3 Å². The number of aryl methyl sites for hydroxylation is 2. The normalized spacial score (nSPS) is 9.35. The molecule has 90 valence electrons. The van der Waals surface area contributed by atoms with Crippen LogP contribution in [-0.4, -0.2) is 33.9 Å². The topological polar surface area (TPSA) is 81.4 Å². The summed E-state index contributed by atoms with van der Waals surface area (Å²) >= 11 is 0. The molecule has 0 aromatic carbocycles. The fourth-order valence-corrected chi connectivity index (χ4v) is 1.33. The molecular weight excluding hydrogens is 224 g/mol. The molecule has 0 atom stereocenters. The molecule has 0 unspecified atom stereocenters. The van der Waals surface area contributed by atoms with Gasteiger partial charge in [0.2, 0.25) is 0 Å². The molecule has 6 nitrogen and oxygen atoms in total. The molecule has 0 spiro atoms. The number of esters is 1. The number of hydrogen-bond acceptors (Lipinski definition) is 4. The van der Waals surface area contributed by atoms with Crippen LogP contribution in [0, 0.1) is 18.8 Å². The van der Waals surface area contributed by atoms with E-state index in [9.17, 15) is 9.59 Å². The van der Waals surface area contributed by atoms with Gasteiger partial charge in [-0.1, -0.05) is 11.8 Å². The van der Waals surface area contributed by atoms with Crippen molar-refractivity contribution in [2.24, 2.45) is 7.05 Å². The van der Waals surface area contributed by atoms with Crippen LogP contribution in [0.15, 0.2) is 0 Å². The molecule has 0 aliphatic carbocycles. The molecule has 1 N–H and O–H groups in total. The summed E-state index contributed by atoms with van der Waals surface area (Å²) in [5, 5.41) is 13.0. The zero-order valence-corrected chi connectivity index (χ0v) is 9.77. The van der Waals surface area contributed by atoms with Crippen molar-refractivity contribution in [1.29, 1.82) is 0 Å². The Balaban J connectivity index is 3.05. The Morgan fingerprint density at radius 2 is 2.18 bits per heavy atom. The van der Waals surface area contributed by atoms with Gasteiger partial charge in [-0.05, 0) is 6.92 Å². The number of rotatable bonds is 2. The maximum atomic E-state index is 11.0. The summed E-state index contributed by atoms with van der Waals surface area (Å²) in [6.07, 6.45) is -0.0795. The molecule has 1 aromatic heterocycles. The number of aromatic nitrogens is 2. The average molecular weight is 236 g/mol. The van der Waals surface area contributed by atoms with Gasteiger partial charge in [0, 0.05) is 7.05 Å². The first kappa shape index (κ1) is 12.8. The third kappa shape index (κ3) is 2.84. The monoisotopic (exact) mass is 236 g/mol. The highest BCUT2D eigenvalue weighted by Crippen LogP contribution is 2.11. The lowest BCUT2D eigenvalue weighted by Gasteiger charge is -1.94. The van der Waals surface area contributed by atoms with Crippen molar-refractivity contribution >= 4 is 11.9 Å². The molecule has 0 aliphatic heterocycles. The fraction of sp³-hybridized carbons (Fsp3) is 0.364. The standard InChI is InChI=1S/C11H12N2O4/c1-7-8(5-4-6-9(14)17-3)10(11(15)16)13(2)12-7/h6H2,1-3H3,(H,15,16). The minimum absolute atomic E-state index is 0.0138. The highest BCUT2D eigenvalue weighted by atomic mass is 16.5. The van der Waals surface area contributed by atoms with Crippen LogP contribution in [0.3, 0.4) is 0 Å². The van der Waals surface area contributed by atoms with Crippen LogP contribution in [0.4, 0.5) is 0 Å². The second-order valence-corrected chi connectivity index (χ2v) is 3.29. The quantitative estimate of drug-likeness (QED) is 0.591. The number of aromatic carboxylic acids is 1. The van der Waals surface area contributed by atoms with E-state index in [-0.39, 0.29) is 12.1 Å². The summed E-state index contributed by atoms with van der Waals surface area (Å²) in [7, 11) is 2.80. The molecule has 0 aliphatic rings. The van der Waals surface area contributed by atoms with Crippen LogP contribution >= 0.6 is 0 Å². The molecule has 0 saturated carbocycles.